The fourth-order valence-corrected chi connectivity index (χ4v) is 2.31. The van der Waals surface area contributed by atoms with Gasteiger partial charge in [0.15, 0.2) is 24.6 Å². The summed E-state index contributed by atoms with van der Waals surface area (Å²) in [5.74, 6) is -2.03. The van der Waals surface area contributed by atoms with Crippen LogP contribution in [0.3, 0.4) is 0 Å². The molecule has 0 amide bonds. The number of esters is 3. The van der Waals surface area contributed by atoms with E-state index in [2.05, 4.69) is 10.0 Å². The lowest BCUT2D eigenvalue weighted by Crippen LogP contribution is -2.62. The zero-order chi connectivity index (χ0) is 18.3. The molecule has 0 saturated carbocycles. The van der Waals surface area contributed by atoms with E-state index in [0.29, 0.717) is 0 Å². The van der Waals surface area contributed by atoms with Gasteiger partial charge >= 0.3 is 17.9 Å². The van der Waals surface area contributed by atoms with Crippen LogP contribution in [0.25, 0.3) is 10.4 Å². The molecular formula is C13H19N3O8. The Labute approximate surface area is 137 Å². The van der Waals surface area contributed by atoms with E-state index in [1.807, 2.05) is 0 Å². The van der Waals surface area contributed by atoms with Crippen LogP contribution in [0.2, 0.25) is 0 Å². The third kappa shape index (κ3) is 5.37. The molecule has 0 aromatic carbocycles. The van der Waals surface area contributed by atoms with Crippen LogP contribution in [0.1, 0.15) is 20.8 Å². The standard InChI is InChI=1S/C13H19N3O8/c1-6(17)21-10-9(5-15-16-14)24-13(20-4)12(23-8(3)19)11(10)22-7(2)18/h9-13H,5H2,1-4H3/t9-,10-,11+,12-,13+/m1/s1. The summed E-state index contributed by atoms with van der Waals surface area (Å²) in [7, 11) is 1.29. The number of hydrogen-bond acceptors (Lipinski definition) is 9. The van der Waals surface area contributed by atoms with Crippen LogP contribution in [0.15, 0.2) is 5.11 Å². The Morgan fingerprint density at radius 3 is 1.96 bits per heavy atom. The molecule has 0 aromatic heterocycles. The van der Waals surface area contributed by atoms with Crippen LogP contribution in [0, 0.1) is 0 Å². The van der Waals surface area contributed by atoms with E-state index in [1.54, 1.807) is 0 Å². The van der Waals surface area contributed by atoms with Gasteiger partial charge in [-0.05, 0) is 5.53 Å². The summed E-state index contributed by atoms with van der Waals surface area (Å²) in [5, 5.41) is 3.38. The molecule has 0 spiro atoms. The molecule has 0 aromatic rings. The smallest absolute Gasteiger partial charge is 0.303 e. The minimum atomic E-state index is -1.19. The second-order valence-corrected chi connectivity index (χ2v) is 4.91. The number of nitrogens with zero attached hydrogens (tertiary/aromatic N) is 3. The minimum Gasteiger partial charge on any atom is -0.456 e. The molecule has 1 aliphatic heterocycles. The first-order valence-corrected chi connectivity index (χ1v) is 7.01. The molecule has 11 nitrogen and oxygen atoms in total. The molecule has 1 saturated heterocycles. The maximum Gasteiger partial charge on any atom is 0.303 e. The van der Waals surface area contributed by atoms with Crippen LogP contribution in [0.5, 0.6) is 0 Å². The number of hydrogen-bond donors (Lipinski definition) is 0. The predicted molar refractivity (Wildman–Crippen MR) is 76.3 cm³/mol. The van der Waals surface area contributed by atoms with E-state index in [4.69, 9.17) is 29.2 Å². The maximum atomic E-state index is 11.4. The summed E-state index contributed by atoms with van der Waals surface area (Å²) in [6.45, 7) is 3.25. The van der Waals surface area contributed by atoms with E-state index in [9.17, 15) is 14.4 Å². The third-order valence-corrected chi connectivity index (χ3v) is 3.05. The Bertz CT molecular complexity index is 533. The van der Waals surface area contributed by atoms with Crippen molar-refractivity contribution in [3.05, 3.63) is 10.4 Å². The number of rotatable bonds is 6. The Morgan fingerprint density at radius 1 is 1.00 bits per heavy atom. The van der Waals surface area contributed by atoms with E-state index < -0.39 is 48.6 Å². The lowest BCUT2D eigenvalue weighted by atomic mass is 9.98. The number of methoxy groups -OCH3 is 1. The normalized spacial score (nSPS) is 29.1. The molecule has 1 rings (SSSR count). The molecule has 1 aliphatic rings. The quantitative estimate of drug-likeness (QED) is 0.222. The summed E-state index contributed by atoms with van der Waals surface area (Å²) in [6.07, 6.45) is -5.56. The molecule has 11 heteroatoms. The van der Waals surface area contributed by atoms with Gasteiger partial charge in [-0.15, -0.1) is 0 Å². The first-order valence-electron chi connectivity index (χ1n) is 7.01. The van der Waals surface area contributed by atoms with Crippen molar-refractivity contribution in [1.82, 2.24) is 0 Å². The highest BCUT2D eigenvalue weighted by Crippen LogP contribution is 2.29. The van der Waals surface area contributed by atoms with Crippen molar-refractivity contribution < 1.29 is 38.1 Å². The van der Waals surface area contributed by atoms with Gasteiger partial charge in [0.25, 0.3) is 0 Å². The van der Waals surface area contributed by atoms with Crippen molar-refractivity contribution in [2.75, 3.05) is 13.7 Å². The average Bonchev–Trinajstić information content (AvgIpc) is 2.48. The highest BCUT2D eigenvalue weighted by atomic mass is 16.7. The Morgan fingerprint density at radius 2 is 1.50 bits per heavy atom. The molecule has 1 fully saturated rings. The monoisotopic (exact) mass is 345 g/mol. The van der Waals surface area contributed by atoms with Gasteiger partial charge in [-0.1, -0.05) is 5.11 Å². The topological polar surface area (TPSA) is 146 Å². The highest BCUT2D eigenvalue weighted by Gasteiger charge is 2.51. The van der Waals surface area contributed by atoms with E-state index in [-0.39, 0.29) is 6.54 Å². The predicted octanol–water partition coefficient (Wildman–Crippen LogP) is 0.463. The summed E-state index contributed by atoms with van der Waals surface area (Å²) < 4.78 is 26.1. The molecular weight excluding hydrogens is 326 g/mol. The Hall–Kier alpha value is -2.36. The van der Waals surface area contributed by atoms with Gasteiger partial charge in [-0.3, -0.25) is 14.4 Å². The second-order valence-electron chi connectivity index (χ2n) is 4.91. The molecule has 0 aliphatic carbocycles. The van der Waals surface area contributed by atoms with Crippen LogP contribution >= 0.6 is 0 Å². The summed E-state index contributed by atoms with van der Waals surface area (Å²) >= 11 is 0. The number of carbonyl (C=O) groups is 3. The maximum absolute atomic E-state index is 11.4. The Kier molecular flexibility index (Phi) is 7.43. The summed E-state index contributed by atoms with van der Waals surface area (Å²) in [6, 6.07) is 0. The molecule has 0 N–H and O–H groups in total. The van der Waals surface area contributed by atoms with Gasteiger partial charge in [0.05, 0.1) is 6.54 Å². The van der Waals surface area contributed by atoms with Crippen LogP contribution < -0.4 is 0 Å². The van der Waals surface area contributed by atoms with Crippen LogP contribution in [-0.4, -0.2) is 62.3 Å². The lowest BCUT2D eigenvalue weighted by Gasteiger charge is -2.43. The average molecular weight is 345 g/mol. The van der Waals surface area contributed by atoms with E-state index in [1.165, 1.54) is 7.11 Å². The van der Waals surface area contributed by atoms with Gasteiger partial charge in [0.1, 0.15) is 6.10 Å². The summed E-state index contributed by atoms with van der Waals surface area (Å²) in [5.41, 5.74) is 8.48. The third-order valence-electron chi connectivity index (χ3n) is 3.05. The van der Waals surface area contributed by atoms with Crippen LogP contribution in [-0.2, 0) is 38.1 Å². The van der Waals surface area contributed by atoms with E-state index >= 15 is 0 Å². The van der Waals surface area contributed by atoms with Gasteiger partial charge in [-0.25, -0.2) is 0 Å². The van der Waals surface area contributed by atoms with E-state index in [0.717, 1.165) is 20.8 Å². The SMILES string of the molecule is CO[C@H]1O[C@H](CN=[N+]=[N-])[C@@H](OC(C)=O)[C@H](OC(C)=O)[C@H]1OC(C)=O. The molecule has 5 atom stereocenters. The fraction of sp³-hybridized carbons (Fsp3) is 0.769. The summed E-state index contributed by atoms with van der Waals surface area (Å²) in [4.78, 5) is 36.8. The molecule has 1 heterocycles. The first-order chi connectivity index (χ1) is 11.3. The van der Waals surface area contributed by atoms with Crippen molar-refractivity contribution in [1.29, 1.82) is 0 Å². The lowest BCUT2D eigenvalue weighted by molar-refractivity contribution is -0.296. The van der Waals surface area contributed by atoms with Crippen molar-refractivity contribution in [3.63, 3.8) is 0 Å². The zero-order valence-electron chi connectivity index (χ0n) is 13.7. The van der Waals surface area contributed by atoms with Gasteiger partial charge < -0.3 is 23.7 Å². The first kappa shape index (κ1) is 19.7. The van der Waals surface area contributed by atoms with Crippen molar-refractivity contribution in [2.24, 2.45) is 5.11 Å². The van der Waals surface area contributed by atoms with Crippen molar-refractivity contribution >= 4 is 17.9 Å². The van der Waals surface area contributed by atoms with Gasteiger partial charge in [-0.2, -0.15) is 0 Å². The molecule has 0 bridgehead atoms. The fourth-order valence-electron chi connectivity index (χ4n) is 2.31. The molecule has 0 radical (unpaired) electrons. The Balaban J connectivity index is 3.22. The largest absolute Gasteiger partial charge is 0.456 e. The van der Waals surface area contributed by atoms with Crippen LogP contribution in [0.4, 0.5) is 0 Å². The minimum absolute atomic E-state index is 0.209. The number of azide groups is 1. The van der Waals surface area contributed by atoms with Crippen molar-refractivity contribution in [2.45, 2.75) is 51.5 Å². The van der Waals surface area contributed by atoms with Gasteiger partial charge in [0.2, 0.25) is 0 Å². The number of carbonyl (C=O) groups excluding carboxylic acids is 3. The second kappa shape index (κ2) is 9.06. The highest BCUT2D eigenvalue weighted by molar-refractivity contribution is 5.68. The molecule has 24 heavy (non-hydrogen) atoms. The molecule has 134 valence electrons. The van der Waals surface area contributed by atoms with Gasteiger partial charge in [0, 0.05) is 32.8 Å². The van der Waals surface area contributed by atoms with Crippen molar-refractivity contribution in [3.8, 4) is 0 Å². The molecule has 0 unspecified atom stereocenters. The zero-order valence-corrected chi connectivity index (χ0v) is 13.7. The number of ether oxygens (including phenoxy) is 5.